The SMILES string of the molecule is CSCc1cc2cc(c1)OCCCOc1cc(F)ccc1-c1nc(ncc1F)N2. The quantitative estimate of drug-likeness (QED) is 0.622. The van der Waals surface area contributed by atoms with Gasteiger partial charge in [0.15, 0.2) is 5.82 Å². The largest absolute Gasteiger partial charge is 0.493 e. The standard InChI is InChI=1S/C21H19F2N3O2S/c1-29-12-13-7-15-10-16(8-13)27-5-2-6-28-19-9-14(22)3-4-17(19)20-18(23)11-24-21(25-15)26-20/h3-4,7-11H,2,5-6,12H2,1H3,(H,24,25,26). The molecule has 29 heavy (non-hydrogen) atoms. The average Bonchev–Trinajstić information content (AvgIpc) is 2.69. The molecule has 1 N–H and O–H groups in total. The minimum Gasteiger partial charge on any atom is -0.493 e. The number of fused-ring (bicyclic) bond motifs is 6. The van der Waals surface area contributed by atoms with E-state index in [2.05, 4.69) is 15.3 Å². The Morgan fingerprint density at radius 2 is 1.97 bits per heavy atom. The van der Waals surface area contributed by atoms with Crippen LogP contribution in [-0.4, -0.2) is 29.4 Å². The molecule has 0 fully saturated rings. The van der Waals surface area contributed by atoms with Gasteiger partial charge in [-0.15, -0.1) is 0 Å². The van der Waals surface area contributed by atoms with Crippen LogP contribution in [-0.2, 0) is 5.75 Å². The number of benzene rings is 2. The summed E-state index contributed by atoms with van der Waals surface area (Å²) in [6.45, 7) is 0.731. The first-order valence-electron chi connectivity index (χ1n) is 9.10. The van der Waals surface area contributed by atoms with E-state index < -0.39 is 11.6 Å². The van der Waals surface area contributed by atoms with Gasteiger partial charge in [-0.2, -0.15) is 11.8 Å². The molecule has 1 aromatic heterocycles. The van der Waals surface area contributed by atoms with Gasteiger partial charge >= 0.3 is 0 Å². The Balaban J connectivity index is 1.79. The van der Waals surface area contributed by atoms with Crippen LogP contribution < -0.4 is 14.8 Å². The van der Waals surface area contributed by atoms with Gasteiger partial charge in [-0.25, -0.2) is 18.7 Å². The van der Waals surface area contributed by atoms with Crippen LogP contribution in [0.1, 0.15) is 12.0 Å². The first-order valence-corrected chi connectivity index (χ1v) is 10.5. The van der Waals surface area contributed by atoms with Crippen molar-refractivity contribution in [3.8, 4) is 22.8 Å². The minimum atomic E-state index is -0.612. The fourth-order valence-corrected chi connectivity index (χ4v) is 3.55. The number of thioether (sulfide) groups is 1. The predicted molar refractivity (Wildman–Crippen MR) is 110 cm³/mol. The lowest BCUT2D eigenvalue weighted by Gasteiger charge is -2.16. The predicted octanol–water partition coefficient (Wildman–Crippen LogP) is 5.19. The molecule has 1 aliphatic rings. The number of hydrogen-bond donors (Lipinski definition) is 1. The molecule has 0 saturated heterocycles. The average molecular weight is 415 g/mol. The highest BCUT2D eigenvalue weighted by atomic mass is 32.2. The molecule has 0 spiro atoms. The normalized spacial score (nSPS) is 13.3. The van der Waals surface area contributed by atoms with E-state index in [1.807, 2.05) is 24.5 Å². The van der Waals surface area contributed by atoms with Gasteiger partial charge in [-0.3, -0.25) is 0 Å². The summed E-state index contributed by atoms with van der Waals surface area (Å²) in [5.74, 6) is 0.908. The summed E-state index contributed by atoms with van der Waals surface area (Å²) in [4.78, 5) is 8.35. The second-order valence-corrected chi connectivity index (χ2v) is 7.37. The Labute approximate surface area is 171 Å². The zero-order valence-corrected chi connectivity index (χ0v) is 16.6. The number of halogens is 2. The van der Waals surface area contributed by atoms with E-state index in [0.29, 0.717) is 30.9 Å². The molecule has 0 radical (unpaired) electrons. The molecule has 0 aliphatic carbocycles. The van der Waals surface area contributed by atoms with Gasteiger partial charge in [-0.05, 0) is 36.1 Å². The van der Waals surface area contributed by atoms with E-state index in [-0.39, 0.29) is 17.4 Å². The summed E-state index contributed by atoms with van der Waals surface area (Å²) in [7, 11) is 0. The Hall–Kier alpha value is -2.87. The molecule has 3 aromatic rings. The molecule has 2 aromatic carbocycles. The monoisotopic (exact) mass is 415 g/mol. The van der Waals surface area contributed by atoms with Crippen molar-refractivity contribution in [1.29, 1.82) is 0 Å². The number of hydrogen-bond acceptors (Lipinski definition) is 6. The fraction of sp³-hybridized carbons (Fsp3) is 0.238. The molecule has 4 rings (SSSR count). The highest BCUT2D eigenvalue weighted by molar-refractivity contribution is 7.97. The molecule has 0 atom stereocenters. The van der Waals surface area contributed by atoms with Crippen molar-refractivity contribution in [2.24, 2.45) is 0 Å². The van der Waals surface area contributed by atoms with Gasteiger partial charge in [0, 0.05) is 35.6 Å². The molecular formula is C21H19F2N3O2S. The first-order chi connectivity index (χ1) is 14.1. The number of nitrogens with one attached hydrogen (secondary N) is 1. The molecule has 0 saturated carbocycles. The van der Waals surface area contributed by atoms with Crippen LogP contribution in [0.4, 0.5) is 20.4 Å². The third kappa shape index (κ3) is 4.59. The summed E-state index contributed by atoms with van der Waals surface area (Å²) >= 11 is 1.70. The maximum atomic E-state index is 14.5. The van der Waals surface area contributed by atoms with Crippen LogP contribution in [0, 0.1) is 11.6 Å². The summed E-state index contributed by atoms with van der Waals surface area (Å²) in [5, 5.41) is 3.11. The Morgan fingerprint density at radius 1 is 1.10 bits per heavy atom. The van der Waals surface area contributed by atoms with Crippen molar-refractivity contribution in [2.45, 2.75) is 12.2 Å². The number of anilines is 2. The molecule has 2 heterocycles. The summed E-state index contributed by atoms with van der Waals surface area (Å²) < 4.78 is 39.8. The molecule has 5 nitrogen and oxygen atoms in total. The van der Waals surface area contributed by atoms with Crippen molar-refractivity contribution in [1.82, 2.24) is 9.97 Å². The van der Waals surface area contributed by atoms with Gasteiger partial charge in [0.05, 0.1) is 19.4 Å². The van der Waals surface area contributed by atoms with Crippen LogP contribution in [0.25, 0.3) is 11.3 Å². The van der Waals surface area contributed by atoms with Crippen molar-refractivity contribution < 1.29 is 18.3 Å². The summed E-state index contributed by atoms with van der Waals surface area (Å²) in [5.41, 5.74) is 2.25. The third-order valence-corrected chi connectivity index (χ3v) is 4.91. The molecule has 1 aliphatic heterocycles. The molecule has 0 amide bonds. The molecule has 0 unspecified atom stereocenters. The minimum absolute atomic E-state index is 0.0475. The van der Waals surface area contributed by atoms with Crippen LogP contribution in [0.3, 0.4) is 0 Å². The zero-order chi connectivity index (χ0) is 20.2. The van der Waals surface area contributed by atoms with Gasteiger partial charge in [-0.1, -0.05) is 0 Å². The van der Waals surface area contributed by atoms with Gasteiger partial charge in [0.1, 0.15) is 23.0 Å². The third-order valence-electron chi connectivity index (χ3n) is 4.29. The van der Waals surface area contributed by atoms with Crippen LogP contribution >= 0.6 is 11.8 Å². The van der Waals surface area contributed by atoms with E-state index in [0.717, 1.165) is 23.2 Å². The molecule has 8 heteroatoms. The maximum Gasteiger partial charge on any atom is 0.227 e. The highest BCUT2D eigenvalue weighted by Crippen LogP contribution is 2.33. The van der Waals surface area contributed by atoms with Crippen molar-refractivity contribution >= 4 is 23.4 Å². The molecular weight excluding hydrogens is 396 g/mol. The van der Waals surface area contributed by atoms with Crippen molar-refractivity contribution in [3.05, 3.63) is 59.8 Å². The van der Waals surface area contributed by atoms with Gasteiger partial charge < -0.3 is 14.8 Å². The number of rotatable bonds is 2. The second-order valence-electron chi connectivity index (χ2n) is 6.50. The first kappa shape index (κ1) is 19.4. The number of nitrogens with zero attached hydrogens (tertiary/aromatic N) is 2. The van der Waals surface area contributed by atoms with E-state index in [4.69, 9.17) is 9.47 Å². The van der Waals surface area contributed by atoms with E-state index in [1.165, 1.54) is 18.2 Å². The Morgan fingerprint density at radius 3 is 2.83 bits per heavy atom. The lowest BCUT2D eigenvalue weighted by atomic mass is 10.1. The van der Waals surface area contributed by atoms with Gasteiger partial charge in [0.2, 0.25) is 5.95 Å². The van der Waals surface area contributed by atoms with Crippen LogP contribution in [0.15, 0.2) is 42.6 Å². The van der Waals surface area contributed by atoms with E-state index >= 15 is 0 Å². The van der Waals surface area contributed by atoms with Gasteiger partial charge in [0.25, 0.3) is 0 Å². The van der Waals surface area contributed by atoms with Crippen LogP contribution in [0.2, 0.25) is 0 Å². The second kappa shape index (κ2) is 8.65. The number of aromatic nitrogens is 2. The van der Waals surface area contributed by atoms with Crippen LogP contribution in [0.5, 0.6) is 11.5 Å². The fourth-order valence-electron chi connectivity index (χ4n) is 3.05. The number of ether oxygens (including phenoxy) is 2. The lowest BCUT2D eigenvalue weighted by Crippen LogP contribution is -2.08. The lowest BCUT2D eigenvalue weighted by molar-refractivity contribution is 0.247. The van der Waals surface area contributed by atoms with Crippen molar-refractivity contribution in [3.63, 3.8) is 0 Å². The van der Waals surface area contributed by atoms with Crippen molar-refractivity contribution in [2.75, 3.05) is 24.8 Å². The zero-order valence-electron chi connectivity index (χ0n) is 15.7. The summed E-state index contributed by atoms with van der Waals surface area (Å²) in [6, 6.07) is 9.75. The Bertz CT molecular complexity index is 1030. The van der Waals surface area contributed by atoms with E-state index in [9.17, 15) is 8.78 Å². The molecule has 4 bridgehead atoms. The maximum absolute atomic E-state index is 14.5. The summed E-state index contributed by atoms with van der Waals surface area (Å²) in [6.07, 6.45) is 3.70. The smallest absolute Gasteiger partial charge is 0.227 e. The topological polar surface area (TPSA) is 56.3 Å². The van der Waals surface area contributed by atoms with E-state index in [1.54, 1.807) is 11.8 Å². The highest BCUT2D eigenvalue weighted by Gasteiger charge is 2.16. The Kier molecular flexibility index (Phi) is 5.80. The molecule has 150 valence electrons.